The van der Waals surface area contributed by atoms with Crippen LogP contribution in [0.5, 0.6) is 0 Å². The molecule has 0 spiro atoms. The van der Waals surface area contributed by atoms with E-state index in [0.29, 0.717) is 12.0 Å². The van der Waals surface area contributed by atoms with Crippen molar-refractivity contribution in [1.82, 2.24) is 5.43 Å². The average molecular weight is 216 g/mol. The molecule has 92 valence electrons. The summed E-state index contributed by atoms with van der Waals surface area (Å²) >= 11 is 0. The van der Waals surface area contributed by atoms with E-state index in [4.69, 9.17) is 10.6 Å². The van der Waals surface area contributed by atoms with Gasteiger partial charge in [-0.05, 0) is 26.2 Å². The van der Waals surface area contributed by atoms with Crippen LogP contribution in [0.2, 0.25) is 0 Å². The molecular weight excluding hydrogens is 188 g/mol. The molecule has 0 saturated carbocycles. The van der Waals surface area contributed by atoms with E-state index in [1.54, 1.807) is 0 Å². The van der Waals surface area contributed by atoms with Crippen molar-refractivity contribution in [2.45, 2.75) is 65.5 Å². The van der Waals surface area contributed by atoms with Crippen LogP contribution in [0, 0.1) is 5.92 Å². The third-order valence-corrected chi connectivity index (χ3v) is 2.85. The predicted molar refractivity (Wildman–Crippen MR) is 65.5 cm³/mol. The van der Waals surface area contributed by atoms with E-state index in [-0.39, 0.29) is 6.10 Å². The fourth-order valence-electron chi connectivity index (χ4n) is 1.77. The summed E-state index contributed by atoms with van der Waals surface area (Å²) in [6, 6.07) is 0.295. The van der Waals surface area contributed by atoms with Crippen LogP contribution in [0.15, 0.2) is 0 Å². The Morgan fingerprint density at radius 3 is 2.33 bits per heavy atom. The molecule has 0 saturated heterocycles. The summed E-state index contributed by atoms with van der Waals surface area (Å²) in [4.78, 5) is 0. The molecule has 0 fully saturated rings. The van der Waals surface area contributed by atoms with Crippen LogP contribution < -0.4 is 11.3 Å². The SMILES string of the molecule is CCCCC(CC)C(COC(C)C)NN. The monoisotopic (exact) mass is 216 g/mol. The van der Waals surface area contributed by atoms with E-state index in [0.717, 1.165) is 13.0 Å². The second-order valence-electron chi connectivity index (χ2n) is 4.47. The lowest BCUT2D eigenvalue weighted by Crippen LogP contribution is -2.44. The van der Waals surface area contributed by atoms with Crippen molar-refractivity contribution in [3.8, 4) is 0 Å². The first-order valence-corrected chi connectivity index (χ1v) is 6.23. The van der Waals surface area contributed by atoms with Crippen molar-refractivity contribution in [2.75, 3.05) is 6.61 Å². The maximum atomic E-state index is 5.62. The largest absolute Gasteiger partial charge is 0.377 e. The van der Waals surface area contributed by atoms with Crippen LogP contribution in [-0.4, -0.2) is 18.8 Å². The maximum absolute atomic E-state index is 5.62. The minimum atomic E-state index is 0.282. The number of rotatable bonds is 9. The van der Waals surface area contributed by atoms with Gasteiger partial charge in [-0.25, -0.2) is 0 Å². The van der Waals surface area contributed by atoms with E-state index in [2.05, 4.69) is 33.1 Å². The molecule has 3 N–H and O–H groups in total. The quantitative estimate of drug-likeness (QED) is 0.460. The van der Waals surface area contributed by atoms with E-state index in [1.807, 2.05) is 0 Å². The van der Waals surface area contributed by atoms with Crippen LogP contribution >= 0.6 is 0 Å². The molecule has 0 aliphatic heterocycles. The summed E-state index contributed by atoms with van der Waals surface area (Å²) in [7, 11) is 0. The molecule has 0 aromatic rings. The zero-order valence-electron chi connectivity index (χ0n) is 10.8. The number of hydrogen-bond acceptors (Lipinski definition) is 3. The van der Waals surface area contributed by atoms with Gasteiger partial charge < -0.3 is 4.74 Å². The smallest absolute Gasteiger partial charge is 0.0639 e. The average Bonchev–Trinajstić information content (AvgIpc) is 2.22. The lowest BCUT2D eigenvalue weighted by molar-refractivity contribution is 0.0461. The highest BCUT2D eigenvalue weighted by Gasteiger charge is 2.18. The highest BCUT2D eigenvalue weighted by Crippen LogP contribution is 2.17. The molecule has 0 aliphatic rings. The number of unbranched alkanes of at least 4 members (excludes halogenated alkanes) is 1. The number of nitrogens with two attached hydrogens (primary N) is 1. The molecule has 2 unspecified atom stereocenters. The molecule has 0 heterocycles. The maximum Gasteiger partial charge on any atom is 0.0639 e. The first kappa shape index (κ1) is 14.9. The van der Waals surface area contributed by atoms with Gasteiger partial charge in [0.05, 0.1) is 12.7 Å². The minimum Gasteiger partial charge on any atom is -0.377 e. The van der Waals surface area contributed by atoms with Crippen molar-refractivity contribution in [3.05, 3.63) is 0 Å². The van der Waals surface area contributed by atoms with Crippen LogP contribution in [0.25, 0.3) is 0 Å². The molecular formula is C12H28N2O. The Morgan fingerprint density at radius 1 is 1.27 bits per heavy atom. The number of ether oxygens (including phenoxy) is 1. The third-order valence-electron chi connectivity index (χ3n) is 2.85. The Bertz CT molecular complexity index is 140. The molecule has 0 amide bonds. The summed E-state index contributed by atoms with van der Waals surface area (Å²) in [5.74, 6) is 6.21. The van der Waals surface area contributed by atoms with Gasteiger partial charge >= 0.3 is 0 Å². The Kier molecular flexibility index (Phi) is 9.06. The molecule has 3 heteroatoms. The van der Waals surface area contributed by atoms with Gasteiger partial charge in [-0.1, -0.05) is 33.1 Å². The van der Waals surface area contributed by atoms with Gasteiger partial charge in [-0.15, -0.1) is 0 Å². The first-order valence-electron chi connectivity index (χ1n) is 6.23. The van der Waals surface area contributed by atoms with Crippen LogP contribution in [-0.2, 0) is 4.74 Å². The topological polar surface area (TPSA) is 47.3 Å². The van der Waals surface area contributed by atoms with Crippen LogP contribution in [0.1, 0.15) is 53.4 Å². The predicted octanol–water partition coefficient (Wildman–Crippen LogP) is 2.46. The van der Waals surface area contributed by atoms with E-state index in [9.17, 15) is 0 Å². The normalized spacial score (nSPS) is 15.6. The fraction of sp³-hybridized carbons (Fsp3) is 1.00. The highest BCUT2D eigenvalue weighted by atomic mass is 16.5. The number of hydrazine groups is 1. The summed E-state index contributed by atoms with van der Waals surface area (Å²) < 4.78 is 5.62. The van der Waals surface area contributed by atoms with Gasteiger partial charge in [0.15, 0.2) is 0 Å². The Balaban J connectivity index is 3.96. The van der Waals surface area contributed by atoms with Gasteiger partial charge in [-0.2, -0.15) is 0 Å². The molecule has 0 bridgehead atoms. The zero-order valence-corrected chi connectivity index (χ0v) is 10.8. The Morgan fingerprint density at radius 2 is 1.93 bits per heavy atom. The minimum absolute atomic E-state index is 0.282. The Hall–Kier alpha value is -0.120. The standard InChI is InChI=1S/C12H28N2O/c1-5-7-8-11(6-2)12(14-13)9-15-10(3)4/h10-12,14H,5-9,13H2,1-4H3. The molecule has 3 nitrogen and oxygen atoms in total. The summed E-state index contributed by atoms with van der Waals surface area (Å²) in [6.07, 6.45) is 5.21. The molecule has 0 radical (unpaired) electrons. The van der Waals surface area contributed by atoms with Gasteiger partial charge in [0.2, 0.25) is 0 Å². The molecule has 0 aromatic carbocycles. The van der Waals surface area contributed by atoms with Crippen molar-refractivity contribution in [1.29, 1.82) is 0 Å². The second kappa shape index (κ2) is 9.13. The van der Waals surface area contributed by atoms with Crippen LogP contribution in [0.3, 0.4) is 0 Å². The Labute approximate surface area is 94.7 Å². The van der Waals surface area contributed by atoms with Gasteiger partial charge in [0.25, 0.3) is 0 Å². The first-order chi connectivity index (χ1) is 7.15. The van der Waals surface area contributed by atoms with E-state index < -0.39 is 0 Å². The molecule has 0 aromatic heterocycles. The lowest BCUT2D eigenvalue weighted by Gasteiger charge is -2.26. The molecule has 15 heavy (non-hydrogen) atoms. The van der Waals surface area contributed by atoms with Crippen LogP contribution in [0.4, 0.5) is 0 Å². The van der Waals surface area contributed by atoms with Crippen molar-refractivity contribution in [3.63, 3.8) is 0 Å². The van der Waals surface area contributed by atoms with Crippen molar-refractivity contribution in [2.24, 2.45) is 11.8 Å². The summed E-state index contributed by atoms with van der Waals surface area (Å²) in [6.45, 7) is 9.28. The second-order valence-corrected chi connectivity index (χ2v) is 4.47. The highest BCUT2D eigenvalue weighted by molar-refractivity contribution is 4.73. The number of hydrogen-bond donors (Lipinski definition) is 2. The van der Waals surface area contributed by atoms with Crippen molar-refractivity contribution < 1.29 is 4.74 Å². The third kappa shape index (κ3) is 6.88. The van der Waals surface area contributed by atoms with E-state index >= 15 is 0 Å². The lowest BCUT2D eigenvalue weighted by atomic mass is 9.92. The van der Waals surface area contributed by atoms with Crippen molar-refractivity contribution >= 4 is 0 Å². The fourth-order valence-corrected chi connectivity index (χ4v) is 1.77. The van der Waals surface area contributed by atoms with Gasteiger partial charge in [0, 0.05) is 6.04 Å². The number of nitrogens with one attached hydrogen (secondary N) is 1. The summed E-state index contributed by atoms with van der Waals surface area (Å²) in [5.41, 5.74) is 2.89. The van der Waals surface area contributed by atoms with Gasteiger partial charge in [-0.3, -0.25) is 11.3 Å². The van der Waals surface area contributed by atoms with Gasteiger partial charge in [0.1, 0.15) is 0 Å². The molecule has 2 atom stereocenters. The molecule has 0 aliphatic carbocycles. The zero-order chi connectivity index (χ0) is 11.7. The molecule has 0 rings (SSSR count). The van der Waals surface area contributed by atoms with E-state index in [1.165, 1.54) is 19.3 Å². The summed E-state index contributed by atoms with van der Waals surface area (Å²) in [5, 5.41) is 0.